The Labute approximate surface area is 106 Å². The van der Waals surface area contributed by atoms with Gasteiger partial charge in [-0.15, -0.1) is 6.58 Å². The number of carbonyl (C=O) groups excluding carboxylic acids is 2. The molecule has 2 N–H and O–H groups in total. The molecule has 0 radical (unpaired) electrons. The first-order valence-electron chi connectivity index (χ1n) is 5.60. The van der Waals surface area contributed by atoms with Gasteiger partial charge in [-0.25, -0.2) is 9.59 Å². The Morgan fingerprint density at radius 1 is 1.44 bits per heavy atom. The minimum absolute atomic E-state index is 0.316. The van der Waals surface area contributed by atoms with E-state index in [1.807, 2.05) is 0 Å². The van der Waals surface area contributed by atoms with Crippen molar-refractivity contribution in [2.45, 2.75) is 6.92 Å². The molecule has 0 bridgehead atoms. The van der Waals surface area contributed by atoms with E-state index in [-0.39, 0.29) is 6.03 Å². The Hall–Kier alpha value is -2.30. The van der Waals surface area contributed by atoms with Crippen molar-refractivity contribution < 1.29 is 14.3 Å². The zero-order valence-electron chi connectivity index (χ0n) is 10.2. The standard InChI is InChI=1S/C13H16N2O3/c1-3-8-14-13(17)15-11-7-5-6-10(9-11)12(16)18-4-2/h3,5-7,9H,1,4,8H2,2H3,(H2,14,15,17). The van der Waals surface area contributed by atoms with Crippen LogP contribution in [0.1, 0.15) is 17.3 Å². The second-order valence-corrected chi connectivity index (χ2v) is 3.42. The normalized spacial score (nSPS) is 9.39. The highest BCUT2D eigenvalue weighted by molar-refractivity contribution is 5.93. The van der Waals surface area contributed by atoms with Gasteiger partial charge in [-0.2, -0.15) is 0 Å². The van der Waals surface area contributed by atoms with Crippen LogP contribution in [0.15, 0.2) is 36.9 Å². The van der Waals surface area contributed by atoms with E-state index in [1.54, 1.807) is 37.3 Å². The van der Waals surface area contributed by atoms with Crippen molar-refractivity contribution in [3.63, 3.8) is 0 Å². The van der Waals surface area contributed by atoms with Crippen molar-refractivity contribution in [2.24, 2.45) is 0 Å². The van der Waals surface area contributed by atoms with Gasteiger partial charge in [0.25, 0.3) is 0 Å². The van der Waals surface area contributed by atoms with Gasteiger partial charge in [-0.1, -0.05) is 12.1 Å². The smallest absolute Gasteiger partial charge is 0.338 e. The molecule has 0 fully saturated rings. The lowest BCUT2D eigenvalue weighted by molar-refractivity contribution is 0.0526. The molecule has 0 saturated carbocycles. The van der Waals surface area contributed by atoms with Crippen LogP contribution in [-0.4, -0.2) is 25.2 Å². The molecular weight excluding hydrogens is 232 g/mol. The van der Waals surface area contributed by atoms with Crippen LogP contribution in [-0.2, 0) is 4.74 Å². The molecule has 1 aromatic rings. The minimum atomic E-state index is -0.410. The molecule has 5 heteroatoms. The number of anilines is 1. The van der Waals surface area contributed by atoms with Crippen LogP contribution < -0.4 is 10.6 Å². The van der Waals surface area contributed by atoms with Gasteiger partial charge in [0.1, 0.15) is 0 Å². The summed E-state index contributed by atoms with van der Waals surface area (Å²) in [6.07, 6.45) is 1.58. The van der Waals surface area contributed by atoms with E-state index < -0.39 is 5.97 Å². The lowest BCUT2D eigenvalue weighted by Crippen LogP contribution is -2.28. The number of esters is 1. The Bertz CT molecular complexity index is 444. The third kappa shape index (κ3) is 4.29. The van der Waals surface area contributed by atoms with E-state index in [0.29, 0.717) is 24.4 Å². The van der Waals surface area contributed by atoms with Crippen LogP contribution in [0.4, 0.5) is 10.5 Å². The van der Waals surface area contributed by atoms with Crippen molar-refractivity contribution in [1.29, 1.82) is 0 Å². The summed E-state index contributed by atoms with van der Waals surface area (Å²) in [5.41, 5.74) is 0.931. The number of benzene rings is 1. The first-order valence-corrected chi connectivity index (χ1v) is 5.60. The number of ether oxygens (including phenoxy) is 1. The van der Waals surface area contributed by atoms with Gasteiger partial charge in [0, 0.05) is 12.2 Å². The first-order chi connectivity index (χ1) is 8.67. The highest BCUT2D eigenvalue weighted by atomic mass is 16.5. The molecule has 0 spiro atoms. The molecule has 0 aliphatic carbocycles. The van der Waals surface area contributed by atoms with Gasteiger partial charge in [0.15, 0.2) is 0 Å². The third-order valence-corrected chi connectivity index (χ3v) is 2.04. The molecule has 2 amide bonds. The zero-order valence-corrected chi connectivity index (χ0v) is 10.2. The van der Waals surface area contributed by atoms with Crippen molar-refractivity contribution >= 4 is 17.7 Å². The second kappa shape index (κ2) is 7.11. The Morgan fingerprint density at radius 3 is 2.89 bits per heavy atom. The van der Waals surface area contributed by atoms with E-state index in [1.165, 1.54) is 0 Å². The summed E-state index contributed by atoms with van der Waals surface area (Å²) >= 11 is 0. The van der Waals surface area contributed by atoms with Gasteiger partial charge < -0.3 is 15.4 Å². The number of rotatable bonds is 5. The average Bonchev–Trinajstić information content (AvgIpc) is 2.37. The molecular formula is C13H16N2O3. The Kier molecular flexibility index (Phi) is 5.44. The van der Waals surface area contributed by atoms with Gasteiger partial charge in [-0.05, 0) is 25.1 Å². The lowest BCUT2D eigenvalue weighted by Gasteiger charge is -2.07. The first kappa shape index (κ1) is 13.8. The number of urea groups is 1. The van der Waals surface area contributed by atoms with E-state index in [4.69, 9.17) is 4.74 Å². The molecule has 1 rings (SSSR count). The zero-order chi connectivity index (χ0) is 13.4. The molecule has 0 aliphatic heterocycles. The van der Waals surface area contributed by atoms with Gasteiger partial charge in [-0.3, -0.25) is 0 Å². The summed E-state index contributed by atoms with van der Waals surface area (Å²) in [5.74, 6) is -0.410. The number of nitrogens with one attached hydrogen (secondary N) is 2. The van der Waals surface area contributed by atoms with Crippen molar-refractivity contribution in [3.8, 4) is 0 Å². The predicted octanol–water partition coefficient (Wildman–Crippen LogP) is 2.17. The Balaban J connectivity index is 2.67. The largest absolute Gasteiger partial charge is 0.462 e. The summed E-state index contributed by atoms with van der Waals surface area (Å²) in [4.78, 5) is 22.9. The molecule has 0 aromatic heterocycles. The van der Waals surface area contributed by atoms with E-state index in [0.717, 1.165) is 0 Å². The van der Waals surface area contributed by atoms with Crippen LogP contribution in [0, 0.1) is 0 Å². The molecule has 0 saturated heterocycles. The highest BCUT2D eigenvalue weighted by Gasteiger charge is 2.07. The lowest BCUT2D eigenvalue weighted by atomic mass is 10.2. The van der Waals surface area contributed by atoms with E-state index >= 15 is 0 Å². The SMILES string of the molecule is C=CCNC(=O)Nc1cccc(C(=O)OCC)c1. The molecule has 18 heavy (non-hydrogen) atoms. The fourth-order valence-electron chi connectivity index (χ4n) is 1.28. The van der Waals surface area contributed by atoms with Gasteiger partial charge in [0.05, 0.1) is 12.2 Å². The summed E-state index contributed by atoms with van der Waals surface area (Å²) in [6, 6.07) is 6.21. The summed E-state index contributed by atoms with van der Waals surface area (Å²) in [5, 5.41) is 5.18. The fraction of sp³-hybridized carbons (Fsp3) is 0.231. The summed E-state index contributed by atoms with van der Waals surface area (Å²) < 4.78 is 4.87. The predicted molar refractivity (Wildman–Crippen MR) is 69.6 cm³/mol. The minimum Gasteiger partial charge on any atom is -0.462 e. The van der Waals surface area contributed by atoms with Crippen LogP contribution in [0.3, 0.4) is 0 Å². The van der Waals surface area contributed by atoms with Gasteiger partial charge in [0.2, 0.25) is 0 Å². The fourth-order valence-corrected chi connectivity index (χ4v) is 1.28. The van der Waals surface area contributed by atoms with Crippen molar-refractivity contribution in [2.75, 3.05) is 18.5 Å². The highest BCUT2D eigenvalue weighted by Crippen LogP contribution is 2.11. The van der Waals surface area contributed by atoms with Gasteiger partial charge >= 0.3 is 12.0 Å². The average molecular weight is 248 g/mol. The number of carbonyl (C=O) groups is 2. The number of amides is 2. The maximum absolute atomic E-state index is 11.5. The topological polar surface area (TPSA) is 67.4 Å². The number of hydrogen-bond acceptors (Lipinski definition) is 3. The Morgan fingerprint density at radius 2 is 2.22 bits per heavy atom. The van der Waals surface area contributed by atoms with Crippen LogP contribution in [0.25, 0.3) is 0 Å². The second-order valence-electron chi connectivity index (χ2n) is 3.42. The molecule has 0 atom stereocenters. The molecule has 1 aromatic carbocycles. The van der Waals surface area contributed by atoms with E-state index in [2.05, 4.69) is 17.2 Å². The molecule has 96 valence electrons. The molecule has 0 unspecified atom stereocenters. The van der Waals surface area contributed by atoms with E-state index in [9.17, 15) is 9.59 Å². The summed E-state index contributed by atoms with van der Waals surface area (Å²) in [6.45, 7) is 5.93. The van der Waals surface area contributed by atoms with Crippen LogP contribution >= 0.6 is 0 Å². The maximum Gasteiger partial charge on any atom is 0.338 e. The third-order valence-electron chi connectivity index (χ3n) is 2.04. The maximum atomic E-state index is 11.5. The summed E-state index contributed by atoms with van der Waals surface area (Å²) in [7, 11) is 0. The molecule has 0 heterocycles. The van der Waals surface area contributed by atoms with Crippen LogP contribution in [0.2, 0.25) is 0 Å². The van der Waals surface area contributed by atoms with Crippen LogP contribution in [0.5, 0.6) is 0 Å². The van der Waals surface area contributed by atoms with Crippen molar-refractivity contribution in [1.82, 2.24) is 5.32 Å². The quantitative estimate of drug-likeness (QED) is 0.620. The molecule has 0 aliphatic rings. The monoisotopic (exact) mass is 248 g/mol. The molecule has 5 nitrogen and oxygen atoms in total. The van der Waals surface area contributed by atoms with Crippen molar-refractivity contribution in [3.05, 3.63) is 42.5 Å². The number of hydrogen-bond donors (Lipinski definition) is 2.